The molecule has 90 valence electrons. The van der Waals surface area contributed by atoms with Gasteiger partial charge in [0.2, 0.25) is 5.91 Å². The van der Waals surface area contributed by atoms with E-state index in [1.54, 1.807) is 0 Å². The molecule has 0 rings (SSSR count). The van der Waals surface area contributed by atoms with E-state index >= 15 is 0 Å². The lowest BCUT2D eigenvalue weighted by Gasteiger charge is -2.23. The molecule has 0 heterocycles. The van der Waals surface area contributed by atoms with E-state index in [4.69, 9.17) is 0 Å². The van der Waals surface area contributed by atoms with Crippen LogP contribution < -0.4 is 10.6 Å². The lowest BCUT2D eigenvalue weighted by molar-refractivity contribution is -0.123. The Kier molecular flexibility index (Phi) is 6.57. The number of nitrogens with one attached hydrogen (secondary N) is 2. The minimum Gasteiger partial charge on any atom is -0.355 e. The van der Waals surface area contributed by atoms with E-state index in [1.807, 2.05) is 13.8 Å². The summed E-state index contributed by atoms with van der Waals surface area (Å²) in [6.45, 7) is 13.1. The predicted octanol–water partition coefficient (Wildman–Crippen LogP) is 1.78. The highest BCUT2D eigenvalue weighted by Gasteiger charge is 2.13. The van der Waals surface area contributed by atoms with Gasteiger partial charge in [0.25, 0.3) is 0 Å². The van der Waals surface area contributed by atoms with Crippen LogP contribution in [-0.4, -0.2) is 25.5 Å². The average Bonchev–Trinajstić information content (AvgIpc) is 2.16. The van der Waals surface area contributed by atoms with Crippen molar-refractivity contribution in [2.75, 3.05) is 19.6 Å². The quantitative estimate of drug-likeness (QED) is 0.634. The van der Waals surface area contributed by atoms with Crippen molar-refractivity contribution < 1.29 is 4.79 Å². The second kappa shape index (κ2) is 6.83. The van der Waals surface area contributed by atoms with Gasteiger partial charge in [-0.3, -0.25) is 4.79 Å². The highest BCUT2D eigenvalue weighted by Crippen LogP contribution is 2.17. The normalized spacial score (nSPS) is 11.9. The van der Waals surface area contributed by atoms with Crippen molar-refractivity contribution in [3.8, 4) is 0 Å². The molecule has 0 aliphatic heterocycles. The largest absolute Gasteiger partial charge is 0.355 e. The van der Waals surface area contributed by atoms with E-state index in [0.29, 0.717) is 5.41 Å². The molecule has 1 amide bonds. The van der Waals surface area contributed by atoms with Crippen LogP contribution in [0.4, 0.5) is 0 Å². The molecule has 2 N–H and O–H groups in total. The van der Waals surface area contributed by atoms with Gasteiger partial charge in [0, 0.05) is 25.6 Å². The second-order valence-corrected chi connectivity index (χ2v) is 5.14. The Labute approximate surface area is 94.0 Å². The number of hydrogen-bond donors (Lipinski definition) is 2. The van der Waals surface area contributed by atoms with E-state index in [2.05, 4.69) is 31.4 Å². The summed E-state index contributed by atoms with van der Waals surface area (Å²) in [5, 5.41) is 6.24. The van der Waals surface area contributed by atoms with Gasteiger partial charge in [-0.1, -0.05) is 34.6 Å². The molecule has 0 atom stereocenters. The van der Waals surface area contributed by atoms with Crippen LogP contribution in [0.2, 0.25) is 0 Å². The molecule has 0 aromatic heterocycles. The second-order valence-electron chi connectivity index (χ2n) is 5.14. The molecule has 0 bridgehead atoms. The molecular weight excluding hydrogens is 188 g/mol. The third kappa shape index (κ3) is 7.37. The van der Waals surface area contributed by atoms with Crippen molar-refractivity contribution in [2.24, 2.45) is 11.3 Å². The van der Waals surface area contributed by atoms with E-state index in [9.17, 15) is 4.79 Å². The summed E-state index contributed by atoms with van der Waals surface area (Å²) < 4.78 is 0. The first-order valence-electron chi connectivity index (χ1n) is 5.87. The fraction of sp³-hybridized carbons (Fsp3) is 0.917. The molecule has 0 spiro atoms. The Bertz CT molecular complexity index is 188. The maximum atomic E-state index is 11.2. The van der Waals surface area contributed by atoms with Gasteiger partial charge in [-0.15, -0.1) is 0 Å². The van der Waals surface area contributed by atoms with Crippen LogP contribution >= 0.6 is 0 Å². The molecule has 3 heteroatoms. The monoisotopic (exact) mass is 214 g/mol. The van der Waals surface area contributed by atoms with E-state index in [0.717, 1.165) is 19.6 Å². The highest BCUT2D eigenvalue weighted by molar-refractivity contribution is 5.77. The molecule has 0 unspecified atom stereocenters. The number of carbonyl (C=O) groups excluding carboxylic acids is 1. The standard InChI is InChI=1S/C12H26N2O/c1-6-12(4,5)9-13-7-8-14-11(15)10(2)3/h10,13H,6-9H2,1-5H3,(H,14,15). The zero-order valence-corrected chi connectivity index (χ0v) is 10.8. The number of carbonyl (C=O) groups is 1. The summed E-state index contributed by atoms with van der Waals surface area (Å²) in [7, 11) is 0. The molecular formula is C12H26N2O. The summed E-state index contributed by atoms with van der Waals surface area (Å²) in [4.78, 5) is 11.2. The van der Waals surface area contributed by atoms with Crippen LogP contribution in [0.5, 0.6) is 0 Å². The van der Waals surface area contributed by atoms with Gasteiger partial charge in [0.1, 0.15) is 0 Å². The summed E-state index contributed by atoms with van der Waals surface area (Å²) in [6.07, 6.45) is 1.17. The van der Waals surface area contributed by atoms with E-state index in [-0.39, 0.29) is 11.8 Å². The first-order chi connectivity index (χ1) is 6.89. The molecule has 0 fully saturated rings. The Morgan fingerprint density at radius 3 is 2.33 bits per heavy atom. The summed E-state index contributed by atoms with van der Waals surface area (Å²) in [6, 6.07) is 0. The molecule has 0 aromatic carbocycles. The van der Waals surface area contributed by atoms with Gasteiger partial charge in [0.05, 0.1) is 0 Å². The first kappa shape index (κ1) is 14.4. The van der Waals surface area contributed by atoms with Crippen molar-refractivity contribution >= 4 is 5.91 Å². The zero-order valence-electron chi connectivity index (χ0n) is 10.8. The molecule has 0 saturated heterocycles. The molecule has 0 aliphatic carbocycles. The van der Waals surface area contributed by atoms with Crippen LogP contribution in [0.15, 0.2) is 0 Å². The maximum Gasteiger partial charge on any atom is 0.222 e. The molecule has 0 aliphatic rings. The molecule has 0 radical (unpaired) electrons. The van der Waals surface area contributed by atoms with Gasteiger partial charge in [-0.25, -0.2) is 0 Å². The zero-order chi connectivity index (χ0) is 11.9. The smallest absolute Gasteiger partial charge is 0.222 e. The fourth-order valence-electron chi connectivity index (χ4n) is 1.03. The maximum absolute atomic E-state index is 11.2. The van der Waals surface area contributed by atoms with Gasteiger partial charge < -0.3 is 10.6 Å². The summed E-state index contributed by atoms with van der Waals surface area (Å²) in [5.41, 5.74) is 0.349. The van der Waals surface area contributed by atoms with Crippen LogP contribution in [0, 0.1) is 11.3 Å². The topological polar surface area (TPSA) is 41.1 Å². The average molecular weight is 214 g/mol. The third-order valence-electron chi connectivity index (χ3n) is 2.69. The number of hydrogen-bond acceptors (Lipinski definition) is 2. The van der Waals surface area contributed by atoms with Gasteiger partial charge >= 0.3 is 0 Å². The Hall–Kier alpha value is -0.570. The van der Waals surface area contributed by atoms with Gasteiger partial charge in [0.15, 0.2) is 0 Å². The van der Waals surface area contributed by atoms with Crippen molar-refractivity contribution in [2.45, 2.75) is 41.0 Å². The van der Waals surface area contributed by atoms with Crippen LogP contribution in [-0.2, 0) is 4.79 Å². The SMILES string of the molecule is CCC(C)(C)CNCCNC(=O)C(C)C. The molecule has 3 nitrogen and oxygen atoms in total. The molecule has 0 saturated carbocycles. The predicted molar refractivity (Wildman–Crippen MR) is 64.8 cm³/mol. The Morgan fingerprint density at radius 2 is 1.87 bits per heavy atom. The van der Waals surface area contributed by atoms with Crippen LogP contribution in [0.1, 0.15) is 41.0 Å². The van der Waals surface area contributed by atoms with Crippen molar-refractivity contribution in [3.05, 3.63) is 0 Å². The van der Waals surface area contributed by atoms with Crippen molar-refractivity contribution in [1.29, 1.82) is 0 Å². The van der Waals surface area contributed by atoms with Gasteiger partial charge in [-0.05, 0) is 11.8 Å². The molecule has 15 heavy (non-hydrogen) atoms. The lowest BCUT2D eigenvalue weighted by Crippen LogP contribution is -2.37. The minimum absolute atomic E-state index is 0.0806. The summed E-state index contributed by atoms with van der Waals surface area (Å²) in [5.74, 6) is 0.212. The third-order valence-corrected chi connectivity index (χ3v) is 2.69. The number of rotatable bonds is 7. The Balaban J connectivity index is 3.44. The van der Waals surface area contributed by atoms with Crippen molar-refractivity contribution in [1.82, 2.24) is 10.6 Å². The summed E-state index contributed by atoms with van der Waals surface area (Å²) >= 11 is 0. The highest BCUT2D eigenvalue weighted by atomic mass is 16.1. The fourth-order valence-corrected chi connectivity index (χ4v) is 1.03. The van der Waals surface area contributed by atoms with E-state index in [1.165, 1.54) is 6.42 Å². The van der Waals surface area contributed by atoms with E-state index < -0.39 is 0 Å². The van der Waals surface area contributed by atoms with Crippen LogP contribution in [0.25, 0.3) is 0 Å². The Morgan fingerprint density at radius 1 is 1.27 bits per heavy atom. The van der Waals surface area contributed by atoms with Crippen molar-refractivity contribution in [3.63, 3.8) is 0 Å². The van der Waals surface area contributed by atoms with Gasteiger partial charge in [-0.2, -0.15) is 0 Å². The first-order valence-corrected chi connectivity index (χ1v) is 5.87. The van der Waals surface area contributed by atoms with Crippen LogP contribution in [0.3, 0.4) is 0 Å². The molecule has 0 aromatic rings. The number of amides is 1. The minimum atomic E-state index is 0.0806. The lowest BCUT2D eigenvalue weighted by atomic mass is 9.90.